The molecule has 0 fully saturated rings. The van der Waals surface area contributed by atoms with E-state index in [1.807, 2.05) is 20.8 Å². The second kappa shape index (κ2) is 10.3. The molecule has 0 aliphatic carbocycles. The highest BCUT2D eigenvalue weighted by Gasteiger charge is 2.67. The fraction of sp³-hybridized carbons (Fsp3) is 0.391. The summed E-state index contributed by atoms with van der Waals surface area (Å²) in [5, 5.41) is 14.7. The van der Waals surface area contributed by atoms with Gasteiger partial charge in [-0.25, -0.2) is 19.3 Å². The number of nitrogens with one attached hydrogen (secondary N) is 1. The van der Waals surface area contributed by atoms with Crippen LogP contribution in [0, 0.1) is 0 Å². The zero-order valence-electron chi connectivity index (χ0n) is 21.6. The van der Waals surface area contributed by atoms with Crippen LogP contribution in [-0.4, -0.2) is 61.6 Å². The predicted octanol–water partition coefficient (Wildman–Crippen LogP) is 5.84. The van der Waals surface area contributed by atoms with Crippen molar-refractivity contribution in [1.29, 1.82) is 0 Å². The number of fused-ring (bicyclic) bond motifs is 3. The highest BCUT2D eigenvalue weighted by Crippen LogP contribution is 2.53. The van der Waals surface area contributed by atoms with Gasteiger partial charge in [0.2, 0.25) is 5.60 Å². The molecule has 1 aliphatic rings. The van der Waals surface area contributed by atoms with Gasteiger partial charge in [0, 0.05) is 6.07 Å². The molecule has 4 aromatic heterocycles. The van der Waals surface area contributed by atoms with E-state index in [4.69, 9.17) is 27.6 Å². The van der Waals surface area contributed by atoms with E-state index in [1.54, 1.807) is 0 Å². The lowest BCUT2D eigenvalue weighted by molar-refractivity contribution is -0.253. The molecule has 0 radical (unpaired) electrons. The molecular formula is C23H24Cl2F3N9O2Si. The Bertz CT molecular complexity index is 1550. The maximum atomic E-state index is 15.3. The third-order valence-electron chi connectivity index (χ3n) is 7.20. The Balaban J connectivity index is 1.60. The molecule has 0 aromatic carbocycles. The minimum atomic E-state index is -4.91. The zero-order valence-corrected chi connectivity index (χ0v) is 24.1. The summed E-state index contributed by atoms with van der Waals surface area (Å²) in [6.45, 7) is 4.64. The normalized spacial score (nSPS) is 17.4. The number of urea groups is 1. The number of alkyl halides is 3. The van der Waals surface area contributed by atoms with E-state index in [2.05, 4.69) is 30.6 Å². The number of nitrogens with zero attached hydrogens (tertiary/aromatic N) is 8. The van der Waals surface area contributed by atoms with Gasteiger partial charge in [-0.2, -0.15) is 28.5 Å². The molecule has 40 heavy (non-hydrogen) atoms. The number of carbonyl (C=O) groups is 1. The van der Waals surface area contributed by atoms with E-state index in [0.717, 1.165) is 9.42 Å². The molecule has 5 heterocycles. The van der Waals surface area contributed by atoms with Gasteiger partial charge < -0.3 is 9.74 Å². The number of rotatable bonds is 7. The third kappa shape index (κ3) is 4.59. The number of amides is 2. The Morgan fingerprint density at radius 3 is 2.38 bits per heavy atom. The molecule has 212 valence electrons. The molecule has 1 aliphatic heterocycles. The Labute approximate surface area is 237 Å². The summed E-state index contributed by atoms with van der Waals surface area (Å²) in [5.41, 5.74) is -3.08. The standard InChI is InChI=1S/C23H24Cl2F3N9O2Si/c1-4-40(5-2,6-3)39-22(23(26,27)28)13-35(16-12-29-18-10-17(25)34-36(18)19(16)22)21(38)33-14-9-15(24)20(30-11-14)37-31-7-8-32-37/h7-12H,4-6,13H2,1-3H3,(H,33,38). The van der Waals surface area contributed by atoms with E-state index in [0.29, 0.717) is 18.1 Å². The van der Waals surface area contributed by atoms with E-state index in [1.165, 1.54) is 41.7 Å². The lowest BCUT2D eigenvalue weighted by Gasteiger charge is -2.41. The number of hydrogen-bond acceptors (Lipinski definition) is 7. The first-order chi connectivity index (χ1) is 19.0. The summed E-state index contributed by atoms with van der Waals surface area (Å²) < 4.78 is 53.1. The minimum Gasteiger partial charge on any atom is -0.397 e. The van der Waals surface area contributed by atoms with E-state index in [9.17, 15) is 4.79 Å². The number of halogens is 5. The molecule has 1 N–H and O–H groups in total. The fourth-order valence-electron chi connectivity index (χ4n) is 4.90. The van der Waals surface area contributed by atoms with Crippen LogP contribution in [-0.2, 0) is 10.0 Å². The first kappa shape index (κ1) is 28.3. The van der Waals surface area contributed by atoms with Crippen molar-refractivity contribution in [2.45, 2.75) is 50.7 Å². The van der Waals surface area contributed by atoms with Crippen molar-refractivity contribution in [2.24, 2.45) is 0 Å². The molecular weight excluding hydrogens is 590 g/mol. The number of carbonyl (C=O) groups excluding carboxylic acids is 1. The molecule has 17 heteroatoms. The Morgan fingerprint density at radius 1 is 1.10 bits per heavy atom. The first-order valence-corrected chi connectivity index (χ1v) is 15.7. The van der Waals surface area contributed by atoms with Crippen LogP contribution in [0.5, 0.6) is 0 Å². The molecule has 5 rings (SSSR count). The molecule has 1 unspecified atom stereocenters. The highest BCUT2D eigenvalue weighted by molar-refractivity contribution is 6.73. The molecule has 0 saturated carbocycles. The number of hydrogen-bond donors (Lipinski definition) is 1. The smallest absolute Gasteiger partial charge is 0.397 e. The largest absolute Gasteiger partial charge is 0.424 e. The second-order valence-corrected chi connectivity index (χ2v) is 14.7. The van der Waals surface area contributed by atoms with E-state index < -0.39 is 32.7 Å². The Hall–Kier alpha value is -3.27. The van der Waals surface area contributed by atoms with E-state index >= 15 is 13.2 Å². The molecule has 0 bridgehead atoms. The van der Waals surface area contributed by atoms with Gasteiger partial charge in [-0.1, -0.05) is 44.0 Å². The Morgan fingerprint density at radius 2 is 1.77 bits per heavy atom. The predicted molar refractivity (Wildman–Crippen MR) is 145 cm³/mol. The fourth-order valence-corrected chi connectivity index (χ4v) is 8.26. The van der Waals surface area contributed by atoms with Gasteiger partial charge in [0.15, 0.2) is 24.9 Å². The first-order valence-electron chi connectivity index (χ1n) is 12.4. The van der Waals surface area contributed by atoms with Gasteiger partial charge in [0.25, 0.3) is 0 Å². The summed E-state index contributed by atoms with van der Waals surface area (Å²) in [5.74, 6) is 0.211. The molecule has 2 amide bonds. The quantitative estimate of drug-likeness (QED) is 0.260. The van der Waals surface area contributed by atoms with E-state index in [-0.39, 0.29) is 38.7 Å². The van der Waals surface area contributed by atoms with Crippen molar-refractivity contribution >= 4 is 54.6 Å². The monoisotopic (exact) mass is 613 g/mol. The minimum absolute atomic E-state index is 0.0441. The van der Waals surface area contributed by atoms with Crippen molar-refractivity contribution in [3.8, 4) is 5.82 Å². The molecule has 1 atom stereocenters. The average molecular weight is 614 g/mol. The topological polar surface area (TPSA) is 115 Å². The lowest BCUT2D eigenvalue weighted by Crippen LogP contribution is -2.56. The number of anilines is 2. The molecule has 11 nitrogen and oxygen atoms in total. The van der Waals surface area contributed by atoms with Crippen molar-refractivity contribution in [1.82, 2.24) is 34.6 Å². The average Bonchev–Trinajstić information content (AvgIpc) is 3.64. The van der Waals surface area contributed by atoms with Crippen LogP contribution < -0.4 is 10.2 Å². The summed E-state index contributed by atoms with van der Waals surface area (Å²) in [6, 6.07) is 3.24. The van der Waals surface area contributed by atoms with Gasteiger partial charge in [-0.3, -0.25) is 4.90 Å². The SMILES string of the molecule is CC[Si](CC)(CC)OC1(C(F)(F)F)CN(C(=O)Nc2cnc(-n3nccn3)c(Cl)c2)c2cnc3cc(Cl)nn3c21. The van der Waals surface area contributed by atoms with Crippen LogP contribution in [0.3, 0.4) is 0 Å². The molecule has 0 saturated heterocycles. The van der Waals surface area contributed by atoms with Crippen LogP contribution in [0.15, 0.2) is 36.9 Å². The van der Waals surface area contributed by atoms with Crippen molar-refractivity contribution in [3.63, 3.8) is 0 Å². The van der Waals surface area contributed by atoms with Gasteiger partial charge in [0.1, 0.15) is 5.69 Å². The zero-order chi connectivity index (χ0) is 28.9. The van der Waals surface area contributed by atoms with Crippen LogP contribution in [0.2, 0.25) is 28.3 Å². The summed E-state index contributed by atoms with van der Waals surface area (Å²) in [6.07, 6.45) is 0.468. The summed E-state index contributed by atoms with van der Waals surface area (Å²) in [7, 11) is -2.91. The van der Waals surface area contributed by atoms with Gasteiger partial charge in [-0.15, -0.1) is 4.80 Å². The maximum Gasteiger partial charge on any atom is 0.424 e. The van der Waals surface area contributed by atoms with Gasteiger partial charge in [-0.05, 0) is 24.2 Å². The molecule has 4 aromatic rings. The maximum absolute atomic E-state index is 15.3. The Kier molecular flexibility index (Phi) is 7.27. The highest BCUT2D eigenvalue weighted by atomic mass is 35.5. The van der Waals surface area contributed by atoms with Crippen LogP contribution in [0.4, 0.5) is 29.3 Å². The van der Waals surface area contributed by atoms with Crippen LogP contribution in [0.1, 0.15) is 26.5 Å². The summed E-state index contributed by atoms with van der Waals surface area (Å²) in [4.78, 5) is 24.1. The van der Waals surface area contributed by atoms with Crippen molar-refractivity contribution in [2.75, 3.05) is 16.8 Å². The van der Waals surface area contributed by atoms with Crippen molar-refractivity contribution < 1.29 is 22.4 Å². The van der Waals surface area contributed by atoms with Gasteiger partial charge >= 0.3 is 12.2 Å². The number of aromatic nitrogens is 7. The van der Waals surface area contributed by atoms with Crippen LogP contribution >= 0.6 is 23.2 Å². The second-order valence-electron chi connectivity index (χ2n) is 9.26. The molecule has 0 spiro atoms. The third-order valence-corrected chi connectivity index (χ3v) is 12.3. The lowest BCUT2D eigenvalue weighted by atomic mass is 10.0. The summed E-state index contributed by atoms with van der Waals surface area (Å²) >= 11 is 12.4. The van der Waals surface area contributed by atoms with Gasteiger partial charge in [0.05, 0.1) is 47.7 Å². The van der Waals surface area contributed by atoms with Crippen molar-refractivity contribution in [3.05, 3.63) is 52.8 Å². The van der Waals surface area contributed by atoms with Crippen LogP contribution in [0.25, 0.3) is 11.5 Å². The number of pyridine rings is 1.